The zero-order chi connectivity index (χ0) is 20.1. The van der Waals surface area contributed by atoms with Crippen LogP contribution in [0.3, 0.4) is 0 Å². The van der Waals surface area contributed by atoms with Crippen LogP contribution in [0.25, 0.3) is 0 Å². The van der Waals surface area contributed by atoms with Gasteiger partial charge in [-0.15, -0.1) is 0 Å². The summed E-state index contributed by atoms with van der Waals surface area (Å²) in [6.07, 6.45) is 1.22. The van der Waals surface area contributed by atoms with Gasteiger partial charge in [0.25, 0.3) is 5.91 Å². The van der Waals surface area contributed by atoms with Gasteiger partial charge < -0.3 is 19.5 Å². The Morgan fingerprint density at radius 1 is 1.07 bits per heavy atom. The number of nitrogens with zero attached hydrogens (tertiary/aromatic N) is 1. The van der Waals surface area contributed by atoms with Crippen molar-refractivity contribution in [1.82, 2.24) is 4.90 Å². The van der Waals surface area contributed by atoms with Crippen LogP contribution in [0.4, 0.5) is 0 Å². The number of ether oxygens (including phenoxy) is 2. The largest absolute Gasteiger partial charge is 0.490 e. The molecule has 2 aromatic carbocycles. The van der Waals surface area contributed by atoms with Crippen LogP contribution >= 0.6 is 0 Å². The summed E-state index contributed by atoms with van der Waals surface area (Å²) < 4.78 is 11.6. The number of para-hydroxylation sites is 3. The maximum absolute atomic E-state index is 13.2. The second-order valence-electron chi connectivity index (χ2n) is 7.17. The average Bonchev–Trinajstić information content (AvgIpc) is 2.69. The maximum atomic E-state index is 13.2. The smallest absolute Gasteiger partial charge is 0.311 e. The van der Waals surface area contributed by atoms with Gasteiger partial charge >= 0.3 is 5.97 Å². The summed E-state index contributed by atoms with van der Waals surface area (Å²) in [5.41, 5.74) is -0.519. The van der Waals surface area contributed by atoms with Gasteiger partial charge in [0.05, 0.1) is 17.6 Å². The number of amides is 1. The van der Waals surface area contributed by atoms with E-state index in [0.29, 0.717) is 48.8 Å². The molecule has 2 aromatic rings. The molecule has 1 aliphatic rings. The third-order valence-electron chi connectivity index (χ3n) is 4.99. The lowest BCUT2D eigenvalue weighted by molar-refractivity contribution is -0.150. The molecule has 3 rings (SSSR count). The number of rotatable bonds is 6. The first-order valence-corrected chi connectivity index (χ1v) is 9.46. The molecule has 0 bridgehead atoms. The zero-order valence-corrected chi connectivity index (χ0v) is 16.2. The molecule has 6 nitrogen and oxygen atoms in total. The van der Waals surface area contributed by atoms with Gasteiger partial charge in [0.15, 0.2) is 11.5 Å². The van der Waals surface area contributed by atoms with Gasteiger partial charge in [-0.25, -0.2) is 0 Å². The Labute approximate surface area is 164 Å². The van der Waals surface area contributed by atoms with Crippen LogP contribution in [-0.2, 0) is 4.79 Å². The second kappa shape index (κ2) is 8.33. The van der Waals surface area contributed by atoms with E-state index in [9.17, 15) is 14.7 Å². The van der Waals surface area contributed by atoms with Crippen molar-refractivity contribution < 1.29 is 24.2 Å². The van der Waals surface area contributed by atoms with E-state index in [0.717, 1.165) is 0 Å². The average molecular weight is 383 g/mol. The standard InChI is InChI=1S/C22H25NO5/c1-3-27-18-11-6-7-12-19(18)28-17-10-5-4-9-16(17)20(24)23-14-8-13-22(2,15-23)21(25)26/h4-7,9-12H,3,8,13-15H2,1-2H3,(H,25,26). The lowest BCUT2D eigenvalue weighted by Gasteiger charge is -2.37. The van der Waals surface area contributed by atoms with Crippen molar-refractivity contribution >= 4 is 11.9 Å². The van der Waals surface area contributed by atoms with Crippen LogP contribution in [-0.4, -0.2) is 41.6 Å². The van der Waals surface area contributed by atoms with Crippen LogP contribution in [0.5, 0.6) is 17.2 Å². The summed E-state index contributed by atoms with van der Waals surface area (Å²) in [5, 5.41) is 9.52. The van der Waals surface area contributed by atoms with Gasteiger partial charge in [-0.1, -0.05) is 24.3 Å². The molecule has 6 heteroatoms. The van der Waals surface area contributed by atoms with E-state index < -0.39 is 11.4 Å². The number of carbonyl (C=O) groups excluding carboxylic acids is 1. The molecule has 0 aromatic heterocycles. The molecular weight excluding hydrogens is 358 g/mol. The van der Waals surface area contributed by atoms with Crippen molar-refractivity contribution in [3.8, 4) is 17.2 Å². The van der Waals surface area contributed by atoms with Gasteiger partial charge in [0.1, 0.15) is 5.75 Å². The Bertz CT molecular complexity index is 866. The minimum Gasteiger partial charge on any atom is -0.490 e. The van der Waals surface area contributed by atoms with Crippen molar-refractivity contribution in [3.05, 3.63) is 54.1 Å². The van der Waals surface area contributed by atoms with Crippen molar-refractivity contribution in [2.75, 3.05) is 19.7 Å². The first-order valence-electron chi connectivity index (χ1n) is 9.46. The van der Waals surface area contributed by atoms with E-state index in [4.69, 9.17) is 9.47 Å². The van der Waals surface area contributed by atoms with Crippen LogP contribution < -0.4 is 9.47 Å². The van der Waals surface area contributed by atoms with Crippen LogP contribution in [0, 0.1) is 5.41 Å². The molecule has 1 saturated heterocycles. The molecule has 148 valence electrons. The van der Waals surface area contributed by atoms with Crippen LogP contribution in [0.15, 0.2) is 48.5 Å². The normalized spacial score (nSPS) is 19.1. The lowest BCUT2D eigenvalue weighted by Crippen LogP contribution is -2.48. The molecule has 1 amide bonds. The van der Waals surface area contributed by atoms with Crippen molar-refractivity contribution in [3.63, 3.8) is 0 Å². The Balaban J connectivity index is 1.86. The third kappa shape index (κ3) is 4.11. The highest BCUT2D eigenvalue weighted by molar-refractivity contribution is 5.97. The summed E-state index contributed by atoms with van der Waals surface area (Å²) in [6.45, 7) is 4.80. The summed E-state index contributed by atoms with van der Waals surface area (Å²) in [6, 6.07) is 14.3. The SMILES string of the molecule is CCOc1ccccc1Oc1ccccc1C(=O)N1CCCC(C)(C(=O)O)C1. The first kappa shape index (κ1) is 19.7. The highest BCUT2D eigenvalue weighted by Crippen LogP contribution is 2.35. The van der Waals surface area contributed by atoms with Crippen molar-refractivity contribution in [2.45, 2.75) is 26.7 Å². The molecule has 1 fully saturated rings. The van der Waals surface area contributed by atoms with E-state index in [2.05, 4.69) is 0 Å². The summed E-state index contributed by atoms with van der Waals surface area (Å²) >= 11 is 0. The number of likely N-dealkylation sites (tertiary alicyclic amines) is 1. The number of hydrogen-bond donors (Lipinski definition) is 1. The van der Waals surface area contributed by atoms with Crippen molar-refractivity contribution in [1.29, 1.82) is 0 Å². The Morgan fingerprint density at radius 2 is 1.71 bits per heavy atom. The number of aliphatic carboxylic acids is 1. The molecule has 1 heterocycles. The van der Waals surface area contributed by atoms with Gasteiger partial charge in [0, 0.05) is 13.1 Å². The van der Waals surface area contributed by atoms with Gasteiger partial charge in [-0.2, -0.15) is 0 Å². The monoisotopic (exact) mass is 383 g/mol. The summed E-state index contributed by atoms with van der Waals surface area (Å²) in [5.74, 6) is 0.446. The van der Waals surface area contributed by atoms with Crippen LogP contribution in [0.2, 0.25) is 0 Å². The topological polar surface area (TPSA) is 76.1 Å². The molecule has 1 unspecified atom stereocenters. The summed E-state index contributed by atoms with van der Waals surface area (Å²) in [7, 11) is 0. The predicted octanol–water partition coefficient (Wildman–Crippen LogP) is 4.20. The molecular formula is C22H25NO5. The molecule has 0 aliphatic carbocycles. The number of carbonyl (C=O) groups is 2. The minimum absolute atomic E-state index is 0.186. The zero-order valence-electron chi connectivity index (χ0n) is 16.2. The Kier molecular flexibility index (Phi) is 5.87. The van der Waals surface area contributed by atoms with E-state index >= 15 is 0 Å². The second-order valence-corrected chi connectivity index (χ2v) is 7.17. The number of hydrogen-bond acceptors (Lipinski definition) is 4. The Hall–Kier alpha value is -3.02. The molecule has 1 N–H and O–H groups in total. The van der Waals surface area contributed by atoms with E-state index in [-0.39, 0.29) is 12.5 Å². The molecule has 1 aliphatic heterocycles. The van der Waals surface area contributed by atoms with Gasteiger partial charge in [-0.3, -0.25) is 9.59 Å². The molecule has 1 atom stereocenters. The highest BCUT2D eigenvalue weighted by Gasteiger charge is 2.39. The number of piperidine rings is 1. The minimum atomic E-state index is -0.925. The van der Waals surface area contributed by atoms with Crippen molar-refractivity contribution in [2.24, 2.45) is 5.41 Å². The fourth-order valence-electron chi connectivity index (χ4n) is 3.42. The fraction of sp³-hybridized carbons (Fsp3) is 0.364. The quantitative estimate of drug-likeness (QED) is 0.809. The Morgan fingerprint density at radius 3 is 2.39 bits per heavy atom. The van der Waals surface area contributed by atoms with Gasteiger partial charge in [0.2, 0.25) is 0 Å². The molecule has 0 spiro atoms. The number of benzene rings is 2. The third-order valence-corrected chi connectivity index (χ3v) is 4.99. The number of carboxylic acid groups (broad SMARTS) is 1. The van der Waals surface area contributed by atoms with E-state index in [1.54, 1.807) is 42.2 Å². The maximum Gasteiger partial charge on any atom is 0.311 e. The lowest BCUT2D eigenvalue weighted by atomic mass is 9.82. The van der Waals surface area contributed by atoms with E-state index in [1.807, 2.05) is 25.1 Å². The number of carboxylic acids is 1. The molecule has 0 saturated carbocycles. The predicted molar refractivity (Wildman–Crippen MR) is 105 cm³/mol. The fourth-order valence-corrected chi connectivity index (χ4v) is 3.42. The summed E-state index contributed by atoms with van der Waals surface area (Å²) in [4.78, 5) is 26.4. The van der Waals surface area contributed by atoms with Gasteiger partial charge in [-0.05, 0) is 51.0 Å². The first-order chi connectivity index (χ1) is 13.4. The molecule has 0 radical (unpaired) electrons. The molecule has 28 heavy (non-hydrogen) atoms. The highest BCUT2D eigenvalue weighted by atomic mass is 16.5. The van der Waals surface area contributed by atoms with E-state index in [1.165, 1.54) is 0 Å². The van der Waals surface area contributed by atoms with Crippen LogP contribution in [0.1, 0.15) is 37.0 Å².